The summed E-state index contributed by atoms with van der Waals surface area (Å²) in [5.41, 5.74) is 3.25. The van der Waals surface area contributed by atoms with Gasteiger partial charge in [0.05, 0.1) is 5.69 Å². The van der Waals surface area contributed by atoms with Gasteiger partial charge in [-0.15, -0.1) is 0 Å². The highest BCUT2D eigenvalue weighted by Crippen LogP contribution is 2.26. The second kappa shape index (κ2) is 5.21. The molecule has 0 radical (unpaired) electrons. The fourth-order valence-corrected chi connectivity index (χ4v) is 2.07. The van der Waals surface area contributed by atoms with Gasteiger partial charge in [-0.3, -0.25) is 4.98 Å². The van der Waals surface area contributed by atoms with Gasteiger partial charge in [-0.1, -0.05) is 30.3 Å². The third-order valence-electron chi connectivity index (χ3n) is 3.08. The summed E-state index contributed by atoms with van der Waals surface area (Å²) >= 11 is 0. The molecule has 0 aliphatic rings. The number of pyridine rings is 1. The first-order valence-electron chi connectivity index (χ1n) is 6.21. The smallest absolute Gasteiger partial charge is 0.159 e. The summed E-state index contributed by atoms with van der Waals surface area (Å²) in [6.45, 7) is 0. The predicted octanol–water partition coefficient (Wildman–Crippen LogP) is 4.69. The van der Waals surface area contributed by atoms with Crippen molar-refractivity contribution in [1.82, 2.24) is 4.98 Å². The number of hydrogen-bond acceptors (Lipinski definition) is 1. The summed E-state index contributed by atoms with van der Waals surface area (Å²) in [7, 11) is 0. The molecule has 0 saturated carbocycles. The van der Waals surface area contributed by atoms with E-state index in [2.05, 4.69) is 4.98 Å². The standard InChI is InChI=1S/C17H11F2N/c18-15-8-7-13(11-16(15)19)12-4-3-5-14(10-12)17-6-1-2-9-20-17/h1-11H. The fourth-order valence-electron chi connectivity index (χ4n) is 2.07. The maximum absolute atomic E-state index is 13.3. The van der Waals surface area contributed by atoms with Crippen molar-refractivity contribution in [1.29, 1.82) is 0 Å². The number of aromatic nitrogens is 1. The van der Waals surface area contributed by atoms with Crippen LogP contribution >= 0.6 is 0 Å². The van der Waals surface area contributed by atoms with Gasteiger partial charge in [0.2, 0.25) is 0 Å². The molecule has 98 valence electrons. The van der Waals surface area contributed by atoms with Gasteiger partial charge >= 0.3 is 0 Å². The fraction of sp³-hybridized carbons (Fsp3) is 0. The van der Waals surface area contributed by atoms with Crippen molar-refractivity contribution < 1.29 is 8.78 Å². The van der Waals surface area contributed by atoms with E-state index in [4.69, 9.17) is 0 Å². The third-order valence-corrected chi connectivity index (χ3v) is 3.08. The summed E-state index contributed by atoms with van der Waals surface area (Å²) in [4.78, 5) is 4.28. The molecule has 0 bridgehead atoms. The Kier molecular flexibility index (Phi) is 3.25. The normalized spacial score (nSPS) is 10.5. The van der Waals surface area contributed by atoms with Crippen LogP contribution < -0.4 is 0 Å². The molecular formula is C17H11F2N. The molecule has 20 heavy (non-hydrogen) atoms. The number of benzene rings is 2. The highest BCUT2D eigenvalue weighted by molar-refractivity contribution is 5.71. The van der Waals surface area contributed by atoms with Crippen LogP contribution in [0.4, 0.5) is 8.78 Å². The first-order chi connectivity index (χ1) is 9.74. The number of halogens is 2. The Morgan fingerprint density at radius 1 is 0.650 bits per heavy atom. The van der Waals surface area contributed by atoms with Gasteiger partial charge in [-0.25, -0.2) is 8.78 Å². The average molecular weight is 267 g/mol. The van der Waals surface area contributed by atoms with Crippen molar-refractivity contribution in [3.63, 3.8) is 0 Å². The summed E-state index contributed by atoms with van der Waals surface area (Å²) in [6, 6.07) is 17.2. The molecule has 2 aromatic carbocycles. The molecule has 3 rings (SSSR count). The topological polar surface area (TPSA) is 12.9 Å². The average Bonchev–Trinajstić information content (AvgIpc) is 2.51. The summed E-state index contributed by atoms with van der Waals surface area (Å²) in [6.07, 6.45) is 1.72. The van der Waals surface area contributed by atoms with E-state index < -0.39 is 11.6 Å². The zero-order valence-corrected chi connectivity index (χ0v) is 10.6. The van der Waals surface area contributed by atoms with Crippen LogP contribution in [-0.2, 0) is 0 Å². The van der Waals surface area contributed by atoms with Crippen molar-refractivity contribution in [2.45, 2.75) is 0 Å². The van der Waals surface area contributed by atoms with E-state index in [0.29, 0.717) is 5.56 Å². The Labute approximate surface area is 115 Å². The molecule has 0 amide bonds. The van der Waals surface area contributed by atoms with E-state index in [-0.39, 0.29) is 0 Å². The number of hydrogen-bond donors (Lipinski definition) is 0. The summed E-state index contributed by atoms with van der Waals surface area (Å²) in [5, 5.41) is 0. The Hall–Kier alpha value is -2.55. The van der Waals surface area contributed by atoms with Crippen molar-refractivity contribution in [2.24, 2.45) is 0 Å². The lowest BCUT2D eigenvalue weighted by atomic mass is 10.0. The van der Waals surface area contributed by atoms with Gasteiger partial charge in [-0.05, 0) is 41.5 Å². The van der Waals surface area contributed by atoms with E-state index in [9.17, 15) is 8.78 Å². The first kappa shape index (κ1) is 12.5. The molecule has 0 unspecified atom stereocenters. The molecule has 0 saturated heterocycles. The number of rotatable bonds is 2. The van der Waals surface area contributed by atoms with Crippen LogP contribution in [-0.4, -0.2) is 4.98 Å². The van der Waals surface area contributed by atoms with E-state index in [0.717, 1.165) is 22.9 Å². The molecule has 0 spiro atoms. The van der Waals surface area contributed by atoms with Crippen LogP contribution in [0.1, 0.15) is 0 Å². The van der Waals surface area contributed by atoms with Crippen LogP contribution in [0.3, 0.4) is 0 Å². The van der Waals surface area contributed by atoms with Gasteiger partial charge in [0.1, 0.15) is 0 Å². The highest BCUT2D eigenvalue weighted by atomic mass is 19.2. The molecule has 3 heteroatoms. The Bertz CT molecular complexity index is 739. The minimum absolute atomic E-state index is 0.640. The van der Waals surface area contributed by atoms with Gasteiger partial charge in [-0.2, -0.15) is 0 Å². The lowest BCUT2D eigenvalue weighted by Gasteiger charge is -2.06. The summed E-state index contributed by atoms with van der Waals surface area (Å²) < 4.78 is 26.3. The second-order valence-corrected chi connectivity index (χ2v) is 4.42. The maximum Gasteiger partial charge on any atom is 0.159 e. The van der Waals surface area contributed by atoms with Gasteiger partial charge in [0.25, 0.3) is 0 Å². The Morgan fingerprint density at radius 3 is 2.20 bits per heavy atom. The second-order valence-electron chi connectivity index (χ2n) is 4.42. The molecule has 1 aromatic heterocycles. The highest BCUT2D eigenvalue weighted by Gasteiger charge is 2.06. The van der Waals surface area contributed by atoms with E-state index in [1.807, 2.05) is 42.5 Å². The van der Waals surface area contributed by atoms with Crippen molar-refractivity contribution in [2.75, 3.05) is 0 Å². The minimum atomic E-state index is -0.842. The van der Waals surface area contributed by atoms with Crippen LogP contribution in [0.5, 0.6) is 0 Å². The van der Waals surface area contributed by atoms with Crippen LogP contribution in [0, 0.1) is 11.6 Å². The molecule has 0 aliphatic heterocycles. The van der Waals surface area contributed by atoms with Gasteiger partial charge in [0.15, 0.2) is 11.6 Å². The molecule has 0 N–H and O–H groups in total. The monoisotopic (exact) mass is 267 g/mol. The molecule has 1 heterocycles. The first-order valence-corrected chi connectivity index (χ1v) is 6.21. The molecule has 0 aliphatic carbocycles. The Morgan fingerprint density at radius 2 is 1.45 bits per heavy atom. The molecule has 0 fully saturated rings. The molecular weight excluding hydrogens is 256 g/mol. The Balaban J connectivity index is 2.05. The van der Waals surface area contributed by atoms with Gasteiger partial charge < -0.3 is 0 Å². The van der Waals surface area contributed by atoms with E-state index in [1.165, 1.54) is 6.07 Å². The SMILES string of the molecule is Fc1ccc(-c2cccc(-c3ccccn3)c2)cc1F. The maximum atomic E-state index is 13.3. The zero-order chi connectivity index (χ0) is 13.9. The lowest BCUT2D eigenvalue weighted by molar-refractivity contribution is 0.509. The van der Waals surface area contributed by atoms with Crippen molar-refractivity contribution in [3.8, 4) is 22.4 Å². The van der Waals surface area contributed by atoms with Gasteiger partial charge in [0, 0.05) is 11.8 Å². The summed E-state index contributed by atoms with van der Waals surface area (Å²) in [5.74, 6) is -1.68. The van der Waals surface area contributed by atoms with E-state index >= 15 is 0 Å². The third kappa shape index (κ3) is 2.43. The zero-order valence-electron chi connectivity index (χ0n) is 10.6. The van der Waals surface area contributed by atoms with E-state index in [1.54, 1.807) is 12.3 Å². The molecule has 1 nitrogen and oxygen atoms in total. The largest absolute Gasteiger partial charge is 0.256 e. The van der Waals surface area contributed by atoms with Crippen LogP contribution in [0.2, 0.25) is 0 Å². The minimum Gasteiger partial charge on any atom is -0.256 e. The quantitative estimate of drug-likeness (QED) is 0.656. The lowest BCUT2D eigenvalue weighted by Crippen LogP contribution is -1.87. The number of nitrogens with zero attached hydrogens (tertiary/aromatic N) is 1. The van der Waals surface area contributed by atoms with Crippen LogP contribution in [0.15, 0.2) is 66.9 Å². The molecule has 0 atom stereocenters. The van der Waals surface area contributed by atoms with Crippen molar-refractivity contribution in [3.05, 3.63) is 78.5 Å². The molecule has 3 aromatic rings. The van der Waals surface area contributed by atoms with Crippen LogP contribution in [0.25, 0.3) is 22.4 Å². The predicted molar refractivity (Wildman–Crippen MR) is 75.0 cm³/mol. The van der Waals surface area contributed by atoms with Crippen molar-refractivity contribution >= 4 is 0 Å².